The maximum absolute atomic E-state index is 13.4. The number of rotatable bonds is 5. The van der Waals surface area contributed by atoms with Crippen LogP contribution in [0.25, 0.3) is 10.9 Å². The van der Waals surface area contributed by atoms with Crippen LogP contribution in [0.2, 0.25) is 0 Å². The molecule has 0 saturated carbocycles. The van der Waals surface area contributed by atoms with Gasteiger partial charge in [0, 0.05) is 30.2 Å². The molecule has 0 radical (unpaired) electrons. The predicted octanol–water partition coefficient (Wildman–Crippen LogP) is 4.60. The van der Waals surface area contributed by atoms with Crippen LogP contribution < -0.4 is 5.32 Å². The van der Waals surface area contributed by atoms with E-state index in [-0.39, 0.29) is 18.2 Å². The Morgan fingerprint density at radius 2 is 1.72 bits per heavy atom. The van der Waals surface area contributed by atoms with Crippen LogP contribution in [0.5, 0.6) is 5.75 Å². The number of carbonyl (C=O) groups excluding carboxylic acids is 1. The van der Waals surface area contributed by atoms with Crippen molar-refractivity contribution in [1.82, 2.24) is 9.88 Å². The minimum Gasteiger partial charge on any atom is -0.508 e. The summed E-state index contributed by atoms with van der Waals surface area (Å²) < 4.78 is 28.4. The highest BCUT2D eigenvalue weighted by Gasteiger charge is 2.16. The molecule has 2 N–H and O–H groups in total. The van der Waals surface area contributed by atoms with Crippen LogP contribution in [0.3, 0.4) is 0 Å². The second-order valence-electron chi connectivity index (χ2n) is 6.79. The molecule has 146 valence electrons. The fraction of sp³-hybridized carbons (Fsp3) is 0.0870. The first-order chi connectivity index (χ1) is 14.0. The number of halogens is 2. The van der Waals surface area contributed by atoms with Crippen molar-refractivity contribution in [2.24, 2.45) is 0 Å². The molecule has 0 bridgehead atoms. The van der Waals surface area contributed by atoms with Crippen LogP contribution in [-0.2, 0) is 13.1 Å². The third-order valence-electron chi connectivity index (χ3n) is 4.74. The van der Waals surface area contributed by atoms with Crippen molar-refractivity contribution in [3.05, 3.63) is 101 Å². The maximum Gasteiger partial charge on any atom is 0.253 e. The quantitative estimate of drug-likeness (QED) is 0.521. The number of phenols is 1. The van der Waals surface area contributed by atoms with Crippen LogP contribution in [0, 0.1) is 11.6 Å². The molecular formula is C23H18F2N2O2. The summed E-state index contributed by atoms with van der Waals surface area (Å²) in [7, 11) is 0. The van der Waals surface area contributed by atoms with E-state index in [4.69, 9.17) is 0 Å². The SMILES string of the molecule is O=C(NCc1ccc(F)c(F)c1)c1cn(Cc2ccccc2)c2ccc(O)cc12. The van der Waals surface area contributed by atoms with Crippen LogP contribution in [-0.4, -0.2) is 15.6 Å². The van der Waals surface area contributed by atoms with Gasteiger partial charge in [-0.2, -0.15) is 0 Å². The van der Waals surface area contributed by atoms with Gasteiger partial charge in [-0.05, 0) is 41.5 Å². The second-order valence-corrected chi connectivity index (χ2v) is 6.79. The van der Waals surface area contributed by atoms with E-state index >= 15 is 0 Å². The van der Waals surface area contributed by atoms with Crippen molar-refractivity contribution >= 4 is 16.8 Å². The predicted molar refractivity (Wildman–Crippen MR) is 107 cm³/mol. The Bertz CT molecular complexity index is 1190. The average Bonchev–Trinajstić information content (AvgIpc) is 3.07. The first-order valence-electron chi connectivity index (χ1n) is 9.09. The van der Waals surface area contributed by atoms with Gasteiger partial charge in [-0.3, -0.25) is 4.79 Å². The first kappa shape index (κ1) is 18.7. The van der Waals surface area contributed by atoms with Gasteiger partial charge >= 0.3 is 0 Å². The lowest BCUT2D eigenvalue weighted by Crippen LogP contribution is -2.22. The highest BCUT2D eigenvalue weighted by Crippen LogP contribution is 2.26. The Morgan fingerprint density at radius 1 is 0.931 bits per heavy atom. The highest BCUT2D eigenvalue weighted by molar-refractivity contribution is 6.07. The number of phenolic OH excluding ortho intramolecular Hbond substituents is 1. The van der Waals surface area contributed by atoms with Crippen molar-refractivity contribution in [2.75, 3.05) is 0 Å². The summed E-state index contributed by atoms with van der Waals surface area (Å²) in [6.07, 6.45) is 1.73. The monoisotopic (exact) mass is 392 g/mol. The summed E-state index contributed by atoms with van der Waals surface area (Å²) in [4.78, 5) is 12.8. The van der Waals surface area contributed by atoms with Gasteiger partial charge in [0.15, 0.2) is 11.6 Å². The Labute approximate surface area is 166 Å². The molecule has 0 saturated heterocycles. The van der Waals surface area contributed by atoms with Crippen molar-refractivity contribution in [2.45, 2.75) is 13.1 Å². The fourth-order valence-electron chi connectivity index (χ4n) is 3.30. The molecule has 1 aromatic heterocycles. The molecule has 6 heteroatoms. The molecule has 4 nitrogen and oxygen atoms in total. The van der Waals surface area contributed by atoms with Crippen LogP contribution in [0.15, 0.2) is 72.9 Å². The molecule has 1 amide bonds. The maximum atomic E-state index is 13.4. The third kappa shape index (κ3) is 3.96. The molecule has 3 aromatic carbocycles. The minimum atomic E-state index is -0.957. The lowest BCUT2D eigenvalue weighted by atomic mass is 10.1. The summed E-state index contributed by atoms with van der Waals surface area (Å²) in [5.41, 5.74) is 2.73. The molecule has 0 fully saturated rings. The average molecular weight is 392 g/mol. The summed E-state index contributed by atoms with van der Waals surface area (Å²) >= 11 is 0. The van der Waals surface area contributed by atoms with E-state index in [0.717, 1.165) is 23.2 Å². The Hall–Kier alpha value is -3.67. The van der Waals surface area contributed by atoms with Crippen LogP contribution in [0.4, 0.5) is 8.78 Å². The number of nitrogens with one attached hydrogen (secondary N) is 1. The zero-order valence-corrected chi connectivity index (χ0v) is 15.4. The van der Waals surface area contributed by atoms with Crippen molar-refractivity contribution in [3.8, 4) is 5.75 Å². The number of carbonyl (C=O) groups is 1. The van der Waals surface area contributed by atoms with Crippen LogP contribution in [0.1, 0.15) is 21.5 Å². The van der Waals surface area contributed by atoms with E-state index in [1.807, 2.05) is 34.9 Å². The van der Waals surface area contributed by atoms with Gasteiger partial charge in [-0.1, -0.05) is 36.4 Å². The number of aromatic hydroxyl groups is 1. The summed E-state index contributed by atoms with van der Waals surface area (Å²) in [6, 6.07) is 18.2. The molecule has 0 unspecified atom stereocenters. The van der Waals surface area contributed by atoms with Gasteiger partial charge in [0.05, 0.1) is 5.56 Å². The number of fused-ring (bicyclic) bond motifs is 1. The Kier molecular flexibility index (Phi) is 4.99. The van der Waals surface area contributed by atoms with E-state index in [9.17, 15) is 18.7 Å². The topological polar surface area (TPSA) is 54.3 Å². The van der Waals surface area contributed by atoms with Crippen molar-refractivity contribution in [1.29, 1.82) is 0 Å². The molecule has 0 aliphatic carbocycles. The van der Waals surface area contributed by atoms with E-state index in [0.29, 0.717) is 23.1 Å². The largest absolute Gasteiger partial charge is 0.508 e. The molecule has 0 spiro atoms. The van der Waals surface area contributed by atoms with Gasteiger partial charge in [0.1, 0.15) is 5.75 Å². The van der Waals surface area contributed by atoms with Gasteiger partial charge in [-0.15, -0.1) is 0 Å². The van der Waals surface area contributed by atoms with Crippen molar-refractivity contribution in [3.63, 3.8) is 0 Å². The molecular weight excluding hydrogens is 374 g/mol. The fourth-order valence-corrected chi connectivity index (χ4v) is 3.30. The van der Waals surface area contributed by atoms with Crippen molar-refractivity contribution < 1.29 is 18.7 Å². The number of benzene rings is 3. The van der Waals surface area contributed by atoms with E-state index < -0.39 is 11.6 Å². The number of amides is 1. The smallest absolute Gasteiger partial charge is 0.253 e. The molecule has 0 aliphatic rings. The Balaban J connectivity index is 1.62. The van der Waals surface area contributed by atoms with Gasteiger partial charge in [-0.25, -0.2) is 8.78 Å². The molecule has 1 heterocycles. The minimum absolute atomic E-state index is 0.0558. The molecule has 4 rings (SSSR count). The van der Waals surface area contributed by atoms with Gasteiger partial charge in [0.2, 0.25) is 0 Å². The highest BCUT2D eigenvalue weighted by atomic mass is 19.2. The van der Waals surface area contributed by atoms with Gasteiger partial charge in [0.25, 0.3) is 5.91 Å². The number of aromatic nitrogens is 1. The number of nitrogens with zero attached hydrogens (tertiary/aromatic N) is 1. The normalized spacial score (nSPS) is 11.0. The second kappa shape index (κ2) is 7.75. The Morgan fingerprint density at radius 3 is 2.48 bits per heavy atom. The van der Waals surface area contributed by atoms with Gasteiger partial charge < -0.3 is 15.0 Å². The summed E-state index contributed by atoms with van der Waals surface area (Å²) in [6.45, 7) is 0.624. The standard InChI is InChI=1S/C23H18F2N2O2/c24-20-8-6-16(10-21(20)25)12-26-23(29)19-14-27(13-15-4-2-1-3-5-15)22-9-7-17(28)11-18(19)22/h1-11,14,28H,12-13H2,(H,26,29). The lowest BCUT2D eigenvalue weighted by molar-refractivity contribution is 0.0952. The lowest BCUT2D eigenvalue weighted by Gasteiger charge is -2.05. The molecule has 0 atom stereocenters. The van der Waals surface area contributed by atoms with E-state index in [2.05, 4.69) is 5.32 Å². The number of hydrogen-bond acceptors (Lipinski definition) is 2. The zero-order chi connectivity index (χ0) is 20.4. The summed E-state index contributed by atoms with van der Waals surface area (Å²) in [5.74, 6) is -2.19. The third-order valence-corrected chi connectivity index (χ3v) is 4.74. The molecule has 4 aromatic rings. The number of hydrogen-bond donors (Lipinski definition) is 2. The zero-order valence-electron chi connectivity index (χ0n) is 15.4. The molecule has 0 aliphatic heterocycles. The first-order valence-corrected chi connectivity index (χ1v) is 9.09. The van der Waals surface area contributed by atoms with E-state index in [1.165, 1.54) is 6.07 Å². The van der Waals surface area contributed by atoms with E-state index in [1.54, 1.807) is 24.4 Å². The summed E-state index contributed by atoms with van der Waals surface area (Å²) in [5, 5.41) is 13.2. The molecule has 29 heavy (non-hydrogen) atoms. The van der Waals surface area contributed by atoms with Crippen LogP contribution >= 0.6 is 0 Å².